The van der Waals surface area contributed by atoms with Crippen LogP contribution in [0.3, 0.4) is 0 Å². The van der Waals surface area contributed by atoms with Crippen molar-refractivity contribution in [2.24, 2.45) is 10.8 Å². The van der Waals surface area contributed by atoms with E-state index in [1.54, 1.807) is 20.8 Å². The average Bonchev–Trinajstić information content (AvgIpc) is 2.22. The molecule has 0 atom stereocenters. The van der Waals surface area contributed by atoms with Crippen molar-refractivity contribution in [3.8, 4) is 0 Å². The van der Waals surface area contributed by atoms with Gasteiger partial charge in [-0.25, -0.2) is 0 Å². The summed E-state index contributed by atoms with van der Waals surface area (Å²) in [4.78, 5) is 23.5. The van der Waals surface area contributed by atoms with E-state index >= 15 is 0 Å². The molecule has 0 radical (unpaired) electrons. The molecule has 0 aromatic carbocycles. The van der Waals surface area contributed by atoms with Gasteiger partial charge in [0.1, 0.15) is 12.0 Å². The van der Waals surface area contributed by atoms with E-state index in [0.717, 1.165) is 6.42 Å². The van der Waals surface area contributed by atoms with Crippen LogP contribution in [-0.2, 0) is 19.1 Å². The highest BCUT2D eigenvalue weighted by Gasteiger charge is 2.37. The highest BCUT2D eigenvalue weighted by Crippen LogP contribution is 2.20. The van der Waals surface area contributed by atoms with Crippen molar-refractivity contribution in [3.05, 3.63) is 0 Å². The van der Waals surface area contributed by atoms with E-state index in [1.807, 2.05) is 0 Å². The molecule has 106 valence electrons. The lowest BCUT2D eigenvalue weighted by Crippen LogP contribution is -2.37. The van der Waals surface area contributed by atoms with Gasteiger partial charge in [0.2, 0.25) is 0 Å². The number of ketones is 1. The molecule has 0 fully saturated rings. The van der Waals surface area contributed by atoms with Crippen molar-refractivity contribution >= 4 is 11.8 Å². The van der Waals surface area contributed by atoms with Crippen molar-refractivity contribution in [2.75, 3.05) is 19.8 Å². The van der Waals surface area contributed by atoms with Crippen LogP contribution >= 0.6 is 0 Å². The zero-order chi connectivity index (χ0) is 14.4. The van der Waals surface area contributed by atoms with Gasteiger partial charge in [-0.05, 0) is 32.6 Å². The molecule has 4 nitrogen and oxygen atoms in total. The number of Topliss-reactive ketones (excluding diaryl/α,β-unsaturated/α-hetero) is 1. The van der Waals surface area contributed by atoms with E-state index in [1.165, 1.54) is 0 Å². The average molecular weight is 258 g/mol. The van der Waals surface area contributed by atoms with Gasteiger partial charge in [0.25, 0.3) is 0 Å². The van der Waals surface area contributed by atoms with Crippen molar-refractivity contribution < 1.29 is 19.1 Å². The van der Waals surface area contributed by atoms with Gasteiger partial charge >= 0.3 is 5.97 Å². The number of ether oxygens (including phenoxy) is 2. The SMILES string of the molecule is CCOC(=O)C(C)(C)C(=O)COCCC(C)(C)C. The van der Waals surface area contributed by atoms with E-state index in [-0.39, 0.29) is 24.4 Å². The fraction of sp³-hybridized carbons (Fsp3) is 0.857. The van der Waals surface area contributed by atoms with Crippen LogP contribution in [0.15, 0.2) is 0 Å². The molecule has 0 amide bonds. The fourth-order valence-corrected chi connectivity index (χ4v) is 1.15. The molecule has 0 aliphatic rings. The summed E-state index contributed by atoms with van der Waals surface area (Å²) in [5.74, 6) is -0.732. The summed E-state index contributed by atoms with van der Waals surface area (Å²) >= 11 is 0. The van der Waals surface area contributed by atoms with Crippen LogP contribution in [0.25, 0.3) is 0 Å². The number of hydrogen-bond acceptors (Lipinski definition) is 4. The highest BCUT2D eigenvalue weighted by atomic mass is 16.5. The highest BCUT2D eigenvalue weighted by molar-refractivity contribution is 6.03. The normalized spacial score (nSPS) is 12.3. The first-order valence-corrected chi connectivity index (χ1v) is 6.39. The maximum absolute atomic E-state index is 11.9. The van der Waals surface area contributed by atoms with Gasteiger partial charge in [-0.3, -0.25) is 9.59 Å². The van der Waals surface area contributed by atoms with Gasteiger partial charge in [0.05, 0.1) is 6.61 Å². The Morgan fingerprint density at radius 1 is 1.06 bits per heavy atom. The Balaban J connectivity index is 4.12. The Labute approximate surface area is 110 Å². The maximum atomic E-state index is 11.9. The smallest absolute Gasteiger partial charge is 0.319 e. The van der Waals surface area contributed by atoms with Crippen LogP contribution < -0.4 is 0 Å². The Morgan fingerprint density at radius 2 is 1.61 bits per heavy atom. The second kappa shape index (κ2) is 6.88. The zero-order valence-electron chi connectivity index (χ0n) is 12.5. The zero-order valence-corrected chi connectivity index (χ0v) is 12.5. The second-order valence-corrected chi connectivity index (χ2v) is 6.13. The van der Waals surface area contributed by atoms with Gasteiger partial charge in [0, 0.05) is 6.61 Å². The predicted octanol–water partition coefficient (Wildman–Crippen LogP) is 2.60. The molecule has 0 rings (SSSR count). The molecule has 18 heavy (non-hydrogen) atoms. The first-order valence-electron chi connectivity index (χ1n) is 6.39. The number of esters is 1. The van der Waals surface area contributed by atoms with E-state index < -0.39 is 11.4 Å². The Morgan fingerprint density at radius 3 is 2.06 bits per heavy atom. The third-order valence-electron chi connectivity index (χ3n) is 2.71. The fourth-order valence-electron chi connectivity index (χ4n) is 1.15. The molecule has 0 spiro atoms. The third kappa shape index (κ3) is 6.15. The minimum atomic E-state index is -1.13. The molecule has 0 N–H and O–H groups in total. The lowest BCUT2D eigenvalue weighted by atomic mass is 9.88. The van der Waals surface area contributed by atoms with E-state index in [4.69, 9.17) is 9.47 Å². The first-order chi connectivity index (χ1) is 8.11. The second-order valence-electron chi connectivity index (χ2n) is 6.13. The van der Waals surface area contributed by atoms with Gasteiger partial charge in [-0.2, -0.15) is 0 Å². The van der Waals surface area contributed by atoms with Crippen LogP contribution in [-0.4, -0.2) is 31.6 Å². The quantitative estimate of drug-likeness (QED) is 0.400. The predicted molar refractivity (Wildman–Crippen MR) is 70.3 cm³/mol. The van der Waals surface area contributed by atoms with Crippen LogP contribution in [0.4, 0.5) is 0 Å². The molecule has 0 aliphatic heterocycles. The number of rotatable bonds is 7. The molecule has 0 bridgehead atoms. The number of carbonyl (C=O) groups excluding carboxylic acids is 2. The van der Waals surface area contributed by atoms with Crippen molar-refractivity contribution in [1.82, 2.24) is 0 Å². The molecule has 0 heterocycles. The minimum absolute atomic E-state index is 0.0398. The molecule has 0 aromatic heterocycles. The van der Waals surface area contributed by atoms with Crippen molar-refractivity contribution in [2.45, 2.75) is 48.0 Å². The Kier molecular flexibility index (Phi) is 6.54. The third-order valence-corrected chi connectivity index (χ3v) is 2.71. The van der Waals surface area contributed by atoms with Gasteiger partial charge in [-0.15, -0.1) is 0 Å². The van der Waals surface area contributed by atoms with Gasteiger partial charge < -0.3 is 9.47 Å². The van der Waals surface area contributed by atoms with Gasteiger partial charge in [0.15, 0.2) is 5.78 Å². The minimum Gasteiger partial charge on any atom is -0.465 e. The number of carbonyl (C=O) groups is 2. The maximum Gasteiger partial charge on any atom is 0.319 e. The molecule has 0 aliphatic carbocycles. The van der Waals surface area contributed by atoms with E-state index in [0.29, 0.717) is 6.61 Å². The summed E-state index contributed by atoms with van der Waals surface area (Å²) < 4.78 is 10.2. The molecular weight excluding hydrogens is 232 g/mol. The summed E-state index contributed by atoms with van der Waals surface area (Å²) in [6.07, 6.45) is 0.875. The monoisotopic (exact) mass is 258 g/mol. The summed E-state index contributed by atoms with van der Waals surface area (Å²) in [7, 11) is 0. The summed E-state index contributed by atoms with van der Waals surface area (Å²) in [5, 5.41) is 0. The lowest BCUT2D eigenvalue weighted by molar-refractivity contribution is -0.159. The van der Waals surface area contributed by atoms with E-state index in [2.05, 4.69) is 20.8 Å². The standard InChI is InChI=1S/C14H26O4/c1-7-18-12(16)14(5,6)11(15)10-17-9-8-13(2,3)4/h7-10H2,1-6H3. The Hall–Kier alpha value is -0.900. The van der Waals surface area contributed by atoms with Crippen molar-refractivity contribution in [3.63, 3.8) is 0 Å². The summed E-state index contributed by atoms with van der Waals surface area (Å²) in [6, 6.07) is 0. The van der Waals surface area contributed by atoms with Gasteiger partial charge in [-0.1, -0.05) is 20.8 Å². The molecular formula is C14H26O4. The lowest BCUT2D eigenvalue weighted by Gasteiger charge is -2.21. The first kappa shape index (κ1) is 17.1. The number of hydrogen-bond donors (Lipinski definition) is 0. The summed E-state index contributed by atoms with van der Waals surface area (Å²) in [6.45, 7) is 12.0. The van der Waals surface area contributed by atoms with Crippen molar-refractivity contribution in [1.29, 1.82) is 0 Å². The molecule has 0 unspecified atom stereocenters. The Bertz CT molecular complexity index is 287. The van der Waals surface area contributed by atoms with Crippen LogP contribution in [0, 0.1) is 10.8 Å². The van der Waals surface area contributed by atoms with Crippen LogP contribution in [0.1, 0.15) is 48.0 Å². The summed E-state index contributed by atoms with van der Waals surface area (Å²) in [5.41, 5.74) is -0.947. The van der Waals surface area contributed by atoms with Crippen LogP contribution in [0.2, 0.25) is 0 Å². The molecule has 4 heteroatoms. The molecule has 0 saturated heterocycles. The largest absolute Gasteiger partial charge is 0.465 e. The topological polar surface area (TPSA) is 52.6 Å². The molecule has 0 saturated carbocycles. The van der Waals surface area contributed by atoms with E-state index in [9.17, 15) is 9.59 Å². The molecule has 0 aromatic rings. The van der Waals surface area contributed by atoms with Crippen LogP contribution in [0.5, 0.6) is 0 Å².